The first-order chi connectivity index (χ1) is 8.02. The first-order valence-corrected chi connectivity index (χ1v) is 5.94. The monoisotopic (exact) mass is 245 g/mol. The number of ether oxygens (including phenoxy) is 2. The van der Waals surface area contributed by atoms with E-state index in [0.29, 0.717) is 26.3 Å². The maximum atomic E-state index is 11.4. The van der Waals surface area contributed by atoms with E-state index in [1.54, 1.807) is 11.8 Å². The summed E-state index contributed by atoms with van der Waals surface area (Å²) in [5.41, 5.74) is 0. The van der Waals surface area contributed by atoms with Gasteiger partial charge < -0.3 is 14.4 Å². The van der Waals surface area contributed by atoms with E-state index in [2.05, 4.69) is 4.74 Å². The van der Waals surface area contributed by atoms with Gasteiger partial charge in [-0.2, -0.15) is 0 Å². The lowest BCUT2D eigenvalue weighted by atomic mass is 10.1. The Bertz CT molecular complexity index is 243. The van der Waals surface area contributed by atoms with Gasteiger partial charge in [-0.25, -0.2) is 0 Å². The van der Waals surface area contributed by atoms with Crippen molar-refractivity contribution in [3.8, 4) is 0 Å². The number of rotatable bonds is 8. The largest absolute Gasteiger partial charge is 0.469 e. The highest BCUT2D eigenvalue weighted by atomic mass is 16.5. The Balaban J connectivity index is 4.06. The Labute approximate surface area is 103 Å². The van der Waals surface area contributed by atoms with Crippen LogP contribution in [0.4, 0.5) is 0 Å². The molecule has 0 rings (SSSR count). The standard InChI is InChI=1S/C12H23NO4/c1-5-17-8-6-7-13(11(3)14)9-10(2)12(15)16-4/h10H,5-9H2,1-4H3/t10-/m1/s1. The lowest BCUT2D eigenvalue weighted by molar-refractivity contribution is -0.146. The molecular formula is C12H23NO4. The summed E-state index contributed by atoms with van der Waals surface area (Å²) in [5, 5.41) is 0. The fourth-order valence-electron chi connectivity index (χ4n) is 1.49. The molecule has 0 unspecified atom stereocenters. The lowest BCUT2D eigenvalue weighted by Crippen LogP contribution is -2.36. The fraction of sp³-hybridized carbons (Fsp3) is 0.833. The summed E-state index contributed by atoms with van der Waals surface area (Å²) in [6, 6.07) is 0. The predicted octanol–water partition coefficient (Wildman–Crippen LogP) is 1.07. The predicted molar refractivity (Wildman–Crippen MR) is 64.5 cm³/mol. The van der Waals surface area contributed by atoms with E-state index in [0.717, 1.165) is 6.42 Å². The molecule has 100 valence electrons. The highest BCUT2D eigenvalue weighted by Crippen LogP contribution is 2.04. The van der Waals surface area contributed by atoms with E-state index >= 15 is 0 Å². The van der Waals surface area contributed by atoms with Gasteiger partial charge in [0.05, 0.1) is 13.0 Å². The SMILES string of the molecule is CCOCCCN(C[C@@H](C)C(=O)OC)C(C)=O. The molecule has 0 aliphatic heterocycles. The second-order valence-corrected chi connectivity index (χ2v) is 3.94. The van der Waals surface area contributed by atoms with E-state index in [1.165, 1.54) is 14.0 Å². The van der Waals surface area contributed by atoms with Gasteiger partial charge in [-0.15, -0.1) is 0 Å². The molecule has 0 heterocycles. The number of esters is 1. The lowest BCUT2D eigenvalue weighted by Gasteiger charge is -2.23. The summed E-state index contributed by atoms with van der Waals surface area (Å²) in [6.45, 7) is 7.51. The first kappa shape index (κ1) is 15.9. The molecule has 0 saturated carbocycles. The van der Waals surface area contributed by atoms with Crippen LogP contribution in [0.25, 0.3) is 0 Å². The number of methoxy groups -OCH3 is 1. The molecule has 0 saturated heterocycles. The summed E-state index contributed by atoms with van der Waals surface area (Å²) in [5.74, 6) is -0.616. The van der Waals surface area contributed by atoms with E-state index in [1.807, 2.05) is 6.92 Å². The second kappa shape index (κ2) is 8.98. The maximum Gasteiger partial charge on any atom is 0.310 e. The normalized spacial score (nSPS) is 12.0. The first-order valence-electron chi connectivity index (χ1n) is 5.94. The van der Waals surface area contributed by atoms with Crippen molar-refractivity contribution in [2.24, 2.45) is 5.92 Å². The molecule has 0 fully saturated rings. The third-order valence-electron chi connectivity index (χ3n) is 2.46. The molecule has 17 heavy (non-hydrogen) atoms. The zero-order chi connectivity index (χ0) is 13.3. The van der Waals surface area contributed by atoms with Gasteiger partial charge in [0.25, 0.3) is 0 Å². The van der Waals surface area contributed by atoms with Gasteiger partial charge in [0.2, 0.25) is 5.91 Å². The highest BCUT2D eigenvalue weighted by Gasteiger charge is 2.18. The molecule has 0 radical (unpaired) electrons. The number of hydrogen-bond donors (Lipinski definition) is 0. The summed E-state index contributed by atoms with van der Waals surface area (Å²) >= 11 is 0. The number of amides is 1. The van der Waals surface area contributed by atoms with E-state index in [9.17, 15) is 9.59 Å². The van der Waals surface area contributed by atoms with E-state index in [-0.39, 0.29) is 17.8 Å². The Kier molecular flexibility index (Phi) is 8.40. The molecule has 0 aliphatic carbocycles. The zero-order valence-electron chi connectivity index (χ0n) is 11.2. The summed E-state index contributed by atoms with van der Waals surface area (Å²) in [4.78, 5) is 24.3. The molecule has 0 aliphatic rings. The van der Waals surface area contributed by atoms with Crippen LogP contribution in [-0.4, -0.2) is 50.2 Å². The van der Waals surface area contributed by atoms with Crippen molar-refractivity contribution in [2.75, 3.05) is 33.4 Å². The number of hydrogen-bond acceptors (Lipinski definition) is 4. The molecule has 0 aromatic heterocycles. The van der Waals surface area contributed by atoms with Gasteiger partial charge in [-0.1, -0.05) is 6.92 Å². The zero-order valence-corrected chi connectivity index (χ0v) is 11.2. The Hall–Kier alpha value is -1.10. The van der Waals surface area contributed by atoms with Gasteiger partial charge in [0, 0.05) is 33.2 Å². The summed E-state index contributed by atoms with van der Waals surface area (Å²) in [6.07, 6.45) is 0.779. The van der Waals surface area contributed by atoms with Crippen molar-refractivity contribution in [1.29, 1.82) is 0 Å². The van der Waals surface area contributed by atoms with Crippen LogP contribution in [0.2, 0.25) is 0 Å². The van der Waals surface area contributed by atoms with Crippen molar-refractivity contribution >= 4 is 11.9 Å². The minimum Gasteiger partial charge on any atom is -0.469 e. The van der Waals surface area contributed by atoms with Crippen LogP contribution < -0.4 is 0 Å². The number of carbonyl (C=O) groups is 2. The molecule has 0 aromatic carbocycles. The second-order valence-electron chi connectivity index (χ2n) is 3.94. The molecular weight excluding hydrogens is 222 g/mol. The average Bonchev–Trinajstić information content (AvgIpc) is 2.31. The van der Waals surface area contributed by atoms with Crippen molar-refractivity contribution in [1.82, 2.24) is 4.90 Å². The average molecular weight is 245 g/mol. The van der Waals surface area contributed by atoms with Gasteiger partial charge in [-0.05, 0) is 13.3 Å². The van der Waals surface area contributed by atoms with E-state index < -0.39 is 0 Å². The Morgan fingerprint density at radius 2 is 2.00 bits per heavy atom. The van der Waals surface area contributed by atoms with Gasteiger partial charge in [-0.3, -0.25) is 9.59 Å². The molecule has 5 heteroatoms. The van der Waals surface area contributed by atoms with Crippen LogP contribution >= 0.6 is 0 Å². The Morgan fingerprint density at radius 3 is 2.47 bits per heavy atom. The fourth-order valence-corrected chi connectivity index (χ4v) is 1.49. The van der Waals surface area contributed by atoms with Crippen LogP contribution in [-0.2, 0) is 19.1 Å². The van der Waals surface area contributed by atoms with Crippen LogP contribution in [0.1, 0.15) is 27.2 Å². The molecule has 0 aromatic rings. The third kappa shape index (κ3) is 6.94. The van der Waals surface area contributed by atoms with Crippen LogP contribution in [0, 0.1) is 5.92 Å². The third-order valence-corrected chi connectivity index (χ3v) is 2.46. The van der Waals surface area contributed by atoms with Gasteiger partial charge >= 0.3 is 5.97 Å². The maximum absolute atomic E-state index is 11.4. The summed E-state index contributed by atoms with van der Waals surface area (Å²) in [7, 11) is 1.35. The van der Waals surface area contributed by atoms with Crippen molar-refractivity contribution < 1.29 is 19.1 Å². The molecule has 5 nitrogen and oxygen atoms in total. The molecule has 0 N–H and O–H groups in total. The van der Waals surface area contributed by atoms with Gasteiger partial charge in [0.1, 0.15) is 0 Å². The smallest absolute Gasteiger partial charge is 0.310 e. The number of nitrogens with zero attached hydrogens (tertiary/aromatic N) is 1. The Morgan fingerprint density at radius 1 is 1.35 bits per heavy atom. The topological polar surface area (TPSA) is 55.8 Å². The minimum absolute atomic E-state index is 0.0303. The summed E-state index contributed by atoms with van der Waals surface area (Å²) < 4.78 is 9.84. The molecule has 1 amide bonds. The number of carbonyl (C=O) groups excluding carboxylic acids is 2. The van der Waals surface area contributed by atoms with Crippen molar-refractivity contribution in [2.45, 2.75) is 27.2 Å². The quantitative estimate of drug-likeness (QED) is 0.474. The molecule has 0 bridgehead atoms. The molecule has 1 atom stereocenters. The van der Waals surface area contributed by atoms with Crippen molar-refractivity contribution in [3.63, 3.8) is 0 Å². The van der Waals surface area contributed by atoms with Crippen molar-refractivity contribution in [3.05, 3.63) is 0 Å². The highest BCUT2D eigenvalue weighted by molar-refractivity contribution is 5.76. The minimum atomic E-state index is -0.295. The van der Waals surface area contributed by atoms with Gasteiger partial charge in [0.15, 0.2) is 0 Å². The van der Waals surface area contributed by atoms with Crippen LogP contribution in [0.5, 0.6) is 0 Å². The van der Waals surface area contributed by atoms with Crippen LogP contribution in [0.3, 0.4) is 0 Å². The molecule has 0 spiro atoms. The van der Waals surface area contributed by atoms with E-state index in [4.69, 9.17) is 4.74 Å². The van der Waals surface area contributed by atoms with Crippen LogP contribution in [0.15, 0.2) is 0 Å².